The van der Waals surface area contributed by atoms with E-state index in [1.165, 1.54) is 22.9 Å². The zero-order valence-corrected chi connectivity index (χ0v) is 16.1. The minimum atomic E-state index is -0.113. The molecule has 0 atom stereocenters. The molecule has 0 saturated carbocycles. The molecule has 3 rings (SSSR count). The van der Waals surface area contributed by atoms with Gasteiger partial charge in [0.1, 0.15) is 12.1 Å². The Morgan fingerprint density at radius 1 is 1.23 bits per heavy atom. The van der Waals surface area contributed by atoms with Crippen LogP contribution in [0.2, 0.25) is 0 Å². The van der Waals surface area contributed by atoms with Crippen LogP contribution in [-0.4, -0.2) is 31.4 Å². The first kappa shape index (κ1) is 18.2. The molecule has 8 heteroatoms. The lowest BCUT2D eigenvalue weighted by molar-refractivity contribution is -0.118. The van der Waals surface area contributed by atoms with Crippen molar-refractivity contribution in [2.24, 2.45) is 0 Å². The number of amides is 1. The Hall–Kier alpha value is -2.61. The molecule has 26 heavy (non-hydrogen) atoms. The molecular formula is C18H21N5O2S. The van der Waals surface area contributed by atoms with Crippen molar-refractivity contribution in [2.45, 2.75) is 39.4 Å². The van der Waals surface area contributed by atoms with Gasteiger partial charge >= 0.3 is 0 Å². The Balaban J connectivity index is 1.59. The van der Waals surface area contributed by atoms with Gasteiger partial charge in [0.25, 0.3) is 0 Å². The molecule has 0 fully saturated rings. The predicted octanol–water partition coefficient (Wildman–Crippen LogP) is 2.90. The van der Waals surface area contributed by atoms with Crippen molar-refractivity contribution in [1.82, 2.24) is 25.1 Å². The summed E-state index contributed by atoms with van der Waals surface area (Å²) >= 11 is 1.34. The molecule has 2 heterocycles. The second-order valence-electron chi connectivity index (χ2n) is 6.07. The van der Waals surface area contributed by atoms with Gasteiger partial charge in [-0.1, -0.05) is 17.8 Å². The van der Waals surface area contributed by atoms with E-state index in [4.69, 9.17) is 4.42 Å². The maximum atomic E-state index is 12.1. The standard InChI is InChI=1S/C18H21N5O2S/c1-11-5-6-15(7-12(11)2)23-10-20-22-18(23)26-9-16(24)19-8-17-21-13(3)14(4)25-17/h5-7,10H,8-9H2,1-4H3,(H,19,24). The molecule has 0 bridgehead atoms. The highest BCUT2D eigenvalue weighted by Gasteiger charge is 2.12. The summed E-state index contributed by atoms with van der Waals surface area (Å²) in [5.41, 5.74) is 4.24. The number of carbonyl (C=O) groups is 1. The average Bonchev–Trinajstić information content (AvgIpc) is 3.20. The number of rotatable bonds is 6. The zero-order chi connectivity index (χ0) is 18.7. The van der Waals surface area contributed by atoms with Crippen LogP contribution in [0.15, 0.2) is 34.1 Å². The summed E-state index contributed by atoms with van der Waals surface area (Å²) in [4.78, 5) is 16.3. The summed E-state index contributed by atoms with van der Waals surface area (Å²) in [5.74, 6) is 1.40. The summed E-state index contributed by atoms with van der Waals surface area (Å²) in [6.45, 7) is 8.14. The SMILES string of the molecule is Cc1ccc(-n2cnnc2SCC(=O)NCc2nc(C)c(C)o2)cc1C. The van der Waals surface area contributed by atoms with E-state index < -0.39 is 0 Å². The lowest BCUT2D eigenvalue weighted by Gasteiger charge is -2.08. The van der Waals surface area contributed by atoms with E-state index in [1.54, 1.807) is 6.33 Å². The number of oxazole rings is 1. The van der Waals surface area contributed by atoms with Gasteiger partial charge < -0.3 is 9.73 Å². The molecule has 0 aliphatic heterocycles. The van der Waals surface area contributed by atoms with Gasteiger partial charge in [-0.15, -0.1) is 10.2 Å². The molecule has 7 nitrogen and oxygen atoms in total. The van der Waals surface area contributed by atoms with Gasteiger partial charge in [0, 0.05) is 5.69 Å². The number of aryl methyl sites for hydroxylation is 4. The van der Waals surface area contributed by atoms with Crippen LogP contribution in [-0.2, 0) is 11.3 Å². The second-order valence-corrected chi connectivity index (χ2v) is 7.01. The van der Waals surface area contributed by atoms with Gasteiger partial charge in [0.2, 0.25) is 11.8 Å². The van der Waals surface area contributed by atoms with Crippen molar-refractivity contribution in [3.8, 4) is 5.69 Å². The van der Waals surface area contributed by atoms with Gasteiger partial charge in [-0.3, -0.25) is 9.36 Å². The number of benzene rings is 1. The Morgan fingerprint density at radius 3 is 2.73 bits per heavy atom. The number of thioether (sulfide) groups is 1. The van der Waals surface area contributed by atoms with Crippen molar-refractivity contribution < 1.29 is 9.21 Å². The fraction of sp³-hybridized carbons (Fsp3) is 0.333. The van der Waals surface area contributed by atoms with E-state index in [0.29, 0.717) is 11.0 Å². The van der Waals surface area contributed by atoms with Gasteiger partial charge in [0.15, 0.2) is 5.16 Å². The summed E-state index contributed by atoms with van der Waals surface area (Å²) in [6.07, 6.45) is 1.66. The van der Waals surface area contributed by atoms with Gasteiger partial charge in [-0.2, -0.15) is 0 Å². The molecule has 0 aliphatic carbocycles. The highest BCUT2D eigenvalue weighted by molar-refractivity contribution is 7.99. The first-order valence-electron chi connectivity index (χ1n) is 8.24. The highest BCUT2D eigenvalue weighted by Crippen LogP contribution is 2.21. The topological polar surface area (TPSA) is 85.8 Å². The summed E-state index contributed by atoms with van der Waals surface area (Å²) < 4.78 is 7.33. The fourth-order valence-electron chi connectivity index (χ4n) is 2.35. The maximum Gasteiger partial charge on any atom is 0.230 e. The Kier molecular flexibility index (Phi) is 5.41. The average molecular weight is 371 g/mol. The van der Waals surface area contributed by atoms with Gasteiger partial charge in [0.05, 0.1) is 18.0 Å². The molecule has 2 aromatic heterocycles. The molecular weight excluding hydrogens is 350 g/mol. The molecule has 136 valence electrons. The first-order chi connectivity index (χ1) is 12.4. The number of nitrogens with one attached hydrogen (secondary N) is 1. The first-order valence-corrected chi connectivity index (χ1v) is 9.22. The van der Waals surface area contributed by atoms with Crippen LogP contribution in [0.4, 0.5) is 0 Å². The number of nitrogens with zero attached hydrogens (tertiary/aromatic N) is 4. The van der Waals surface area contributed by atoms with Crippen molar-refractivity contribution in [2.75, 3.05) is 5.75 Å². The molecule has 1 aromatic carbocycles. The maximum absolute atomic E-state index is 12.1. The van der Waals surface area contributed by atoms with E-state index in [0.717, 1.165) is 17.1 Å². The van der Waals surface area contributed by atoms with E-state index >= 15 is 0 Å². The lowest BCUT2D eigenvalue weighted by Crippen LogP contribution is -2.24. The van der Waals surface area contributed by atoms with Crippen molar-refractivity contribution >= 4 is 17.7 Å². The van der Waals surface area contributed by atoms with Crippen LogP contribution in [0, 0.1) is 27.7 Å². The van der Waals surface area contributed by atoms with Crippen LogP contribution in [0.3, 0.4) is 0 Å². The quantitative estimate of drug-likeness (QED) is 0.671. The van der Waals surface area contributed by atoms with Crippen molar-refractivity contribution in [3.63, 3.8) is 0 Å². The molecule has 0 unspecified atom stereocenters. The minimum absolute atomic E-state index is 0.113. The third-order valence-corrected chi connectivity index (χ3v) is 5.07. The molecule has 0 radical (unpaired) electrons. The Labute approximate surface area is 156 Å². The van der Waals surface area contributed by atoms with Crippen LogP contribution < -0.4 is 5.32 Å². The molecule has 0 aliphatic rings. The number of hydrogen-bond acceptors (Lipinski definition) is 6. The smallest absolute Gasteiger partial charge is 0.230 e. The number of hydrogen-bond donors (Lipinski definition) is 1. The molecule has 1 N–H and O–H groups in total. The highest BCUT2D eigenvalue weighted by atomic mass is 32.2. The normalized spacial score (nSPS) is 10.9. The molecule has 3 aromatic rings. The van der Waals surface area contributed by atoms with Crippen LogP contribution >= 0.6 is 11.8 Å². The summed E-state index contributed by atoms with van der Waals surface area (Å²) in [6, 6.07) is 6.16. The Morgan fingerprint density at radius 2 is 2.04 bits per heavy atom. The third-order valence-electron chi connectivity index (χ3n) is 4.13. The van der Waals surface area contributed by atoms with E-state index in [2.05, 4.69) is 46.5 Å². The Bertz CT molecular complexity index is 912. The number of aromatic nitrogens is 4. The summed E-state index contributed by atoms with van der Waals surface area (Å²) in [7, 11) is 0. The molecule has 0 saturated heterocycles. The van der Waals surface area contributed by atoms with E-state index in [9.17, 15) is 4.79 Å². The monoisotopic (exact) mass is 371 g/mol. The van der Waals surface area contributed by atoms with Gasteiger partial charge in [-0.05, 0) is 51.0 Å². The molecule has 0 spiro atoms. The van der Waals surface area contributed by atoms with Crippen molar-refractivity contribution in [1.29, 1.82) is 0 Å². The van der Waals surface area contributed by atoms with Crippen LogP contribution in [0.1, 0.15) is 28.5 Å². The largest absolute Gasteiger partial charge is 0.444 e. The molecule has 1 amide bonds. The fourth-order valence-corrected chi connectivity index (χ4v) is 3.10. The minimum Gasteiger partial charge on any atom is -0.444 e. The lowest BCUT2D eigenvalue weighted by atomic mass is 10.1. The van der Waals surface area contributed by atoms with Crippen molar-refractivity contribution in [3.05, 3.63) is 53.0 Å². The van der Waals surface area contributed by atoms with E-state index in [1.807, 2.05) is 24.5 Å². The third kappa shape index (κ3) is 4.13. The summed E-state index contributed by atoms with van der Waals surface area (Å²) in [5, 5.41) is 11.6. The van der Waals surface area contributed by atoms with Gasteiger partial charge in [-0.25, -0.2) is 4.98 Å². The predicted molar refractivity (Wildman–Crippen MR) is 99.4 cm³/mol. The second kappa shape index (κ2) is 7.74. The van der Waals surface area contributed by atoms with Crippen LogP contribution in [0.5, 0.6) is 0 Å². The zero-order valence-electron chi connectivity index (χ0n) is 15.2. The van der Waals surface area contributed by atoms with E-state index in [-0.39, 0.29) is 18.2 Å². The van der Waals surface area contributed by atoms with Crippen LogP contribution in [0.25, 0.3) is 5.69 Å². The number of carbonyl (C=O) groups excluding carboxylic acids is 1.